The van der Waals surface area contributed by atoms with Crippen molar-refractivity contribution in [3.63, 3.8) is 0 Å². The molecule has 4 aromatic rings. The fraction of sp³-hybridized carbons (Fsp3) is 0.258. The molecule has 4 aromatic carbocycles. The van der Waals surface area contributed by atoms with Crippen molar-refractivity contribution in [2.45, 2.75) is 25.5 Å². The summed E-state index contributed by atoms with van der Waals surface area (Å²) in [5.41, 5.74) is 3.39. The van der Waals surface area contributed by atoms with Gasteiger partial charge < -0.3 is 24.4 Å². The van der Waals surface area contributed by atoms with Crippen LogP contribution in [0.25, 0.3) is 10.8 Å². The van der Waals surface area contributed by atoms with E-state index in [0.717, 1.165) is 36.6 Å². The number of para-hydroxylation sites is 2. The summed E-state index contributed by atoms with van der Waals surface area (Å²) in [6.07, 6.45) is 0.914. The van der Waals surface area contributed by atoms with Gasteiger partial charge in [-0.1, -0.05) is 54.6 Å². The monoisotopic (exact) mass is 496 g/mol. The first-order valence-electron chi connectivity index (χ1n) is 12.7. The molecule has 0 fully saturated rings. The number of anilines is 2. The normalized spacial score (nSPS) is 15.5. The molecule has 0 aromatic heterocycles. The first-order valence-corrected chi connectivity index (χ1v) is 12.7. The van der Waals surface area contributed by atoms with Gasteiger partial charge in [0.15, 0.2) is 6.61 Å². The van der Waals surface area contributed by atoms with Gasteiger partial charge >= 0.3 is 5.97 Å². The molecular formula is C31H32N2O4. The summed E-state index contributed by atoms with van der Waals surface area (Å²) in [5, 5.41) is 6.25. The number of hydrogen-bond donors (Lipinski definition) is 1. The molecule has 0 bridgehead atoms. The highest BCUT2D eigenvalue weighted by molar-refractivity contribution is 5.86. The summed E-state index contributed by atoms with van der Waals surface area (Å²) in [7, 11) is 1.35. The smallest absolute Gasteiger partial charge is 0.343 e. The van der Waals surface area contributed by atoms with E-state index in [0.29, 0.717) is 5.75 Å². The first-order chi connectivity index (χ1) is 18.1. The van der Waals surface area contributed by atoms with E-state index in [2.05, 4.69) is 70.4 Å². The Morgan fingerprint density at radius 2 is 1.76 bits per heavy atom. The van der Waals surface area contributed by atoms with Gasteiger partial charge in [0.25, 0.3) is 0 Å². The molecule has 0 saturated carbocycles. The molecule has 0 spiro atoms. The van der Waals surface area contributed by atoms with Crippen molar-refractivity contribution in [1.29, 1.82) is 0 Å². The Balaban J connectivity index is 1.24. The fourth-order valence-corrected chi connectivity index (χ4v) is 4.82. The SMILES string of the molecule is COC(=O)COc1ccc(N2CC(CCNC(C)c3cccc4ccccc34)Oc3ccccc32)cc1. The van der Waals surface area contributed by atoms with Crippen LogP contribution in [0.1, 0.15) is 24.9 Å². The molecule has 1 aliphatic heterocycles. The average Bonchev–Trinajstić information content (AvgIpc) is 2.95. The molecule has 0 amide bonds. The van der Waals surface area contributed by atoms with Gasteiger partial charge in [-0.05, 0) is 72.6 Å². The minimum Gasteiger partial charge on any atom is -0.486 e. The zero-order valence-corrected chi connectivity index (χ0v) is 21.2. The summed E-state index contributed by atoms with van der Waals surface area (Å²) >= 11 is 0. The van der Waals surface area contributed by atoms with E-state index in [1.807, 2.05) is 42.5 Å². The average molecular weight is 497 g/mol. The van der Waals surface area contributed by atoms with Gasteiger partial charge in [0.2, 0.25) is 0 Å². The van der Waals surface area contributed by atoms with E-state index in [-0.39, 0.29) is 18.8 Å². The lowest BCUT2D eigenvalue weighted by atomic mass is 9.99. The molecule has 0 radical (unpaired) electrons. The Hall–Kier alpha value is -4.03. The number of fused-ring (bicyclic) bond motifs is 2. The summed E-state index contributed by atoms with van der Waals surface area (Å²) in [5.74, 6) is 1.10. The van der Waals surface area contributed by atoms with Crippen molar-refractivity contribution in [3.05, 3.63) is 96.6 Å². The van der Waals surface area contributed by atoms with Crippen LogP contribution in [0.4, 0.5) is 11.4 Å². The number of ether oxygens (including phenoxy) is 3. The summed E-state index contributed by atoms with van der Waals surface area (Å²) in [6, 6.07) is 31.1. The molecule has 5 rings (SSSR count). The molecule has 6 nitrogen and oxygen atoms in total. The Morgan fingerprint density at radius 3 is 2.59 bits per heavy atom. The first kappa shape index (κ1) is 24.7. The van der Waals surface area contributed by atoms with Crippen LogP contribution < -0.4 is 19.7 Å². The maximum absolute atomic E-state index is 11.4. The molecule has 2 unspecified atom stereocenters. The van der Waals surface area contributed by atoms with Crippen LogP contribution in [0.2, 0.25) is 0 Å². The molecular weight excluding hydrogens is 464 g/mol. The second-order valence-corrected chi connectivity index (χ2v) is 9.21. The lowest BCUT2D eigenvalue weighted by molar-refractivity contribution is -0.142. The molecule has 37 heavy (non-hydrogen) atoms. The number of rotatable bonds is 9. The van der Waals surface area contributed by atoms with E-state index >= 15 is 0 Å². The minimum atomic E-state index is -0.405. The predicted molar refractivity (Wildman–Crippen MR) is 147 cm³/mol. The zero-order chi connectivity index (χ0) is 25.6. The number of hydrogen-bond acceptors (Lipinski definition) is 6. The lowest BCUT2D eigenvalue weighted by Crippen LogP contribution is -2.39. The van der Waals surface area contributed by atoms with Crippen LogP contribution >= 0.6 is 0 Å². The van der Waals surface area contributed by atoms with Gasteiger partial charge in [-0.3, -0.25) is 0 Å². The van der Waals surface area contributed by atoms with Crippen molar-refractivity contribution < 1.29 is 19.0 Å². The molecule has 6 heteroatoms. The topological polar surface area (TPSA) is 60.0 Å². The molecule has 1 heterocycles. The molecule has 2 atom stereocenters. The Labute approximate surface area is 217 Å². The zero-order valence-electron chi connectivity index (χ0n) is 21.2. The second-order valence-electron chi connectivity index (χ2n) is 9.21. The standard InChI is InChI=1S/C31H32N2O4/c1-22(27-11-7-9-23-8-3-4-10-28(23)27)32-19-18-26-20-33(29-12-5-6-13-30(29)37-26)24-14-16-25(17-15-24)36-21-31(34)35-2/h3-17,22,26,32H,18-21H2,1-2H3. The van der Waals surface area contributed by atoms with Crippen LogP contribution in [0.5, 0.6) is 11.5 Å². The van der Waals surface area contributed by atoms with Crippen LogP contribution in [0.3, 0.4) is 0 Å². The van der Waals surface area contributed by atoms with Crippen LogP contribution in [-0.4, -0.2) is 38.9 Å². The number of benzene rings is 4. The van der Waals surface area contributed by atoms with Crippen LogP contribution in [-0.2, 0) is 9.53 Å². The largest absolute Gasteiger partial charge is 0.486 e. The highest BCUT2D eigenvalue weighted by Gasteiger charge is 2.26. The third-order valence-electron chi connectivity index (χ3n) is 6.78. The summed E-state index contributed by atoms with van der Waals surface area (Å²) in [4.78, 5) is 13.6. The fourth-order valence-electron chi connectivity index (χ4n) is 4.82. The van der Waals surface area contributed by atoms with Gasteiger partial charge in [0.1, 0.15) is 17.6 Å². The summed E-state index contributed by atoms with van der Waals surface area (Å²) < 4.78 is 16.5. The quantitative estimate of drug-likeness (QED) is 0.286. The van der Waals surface area contributed by atoms with E-state index < -0.39 is 5.97 Å². The molecule has 1 aliphatic rings. The van der Waals surface area contributed by atoms with Gasteiger partial charge in [0.05, 0.1) is 19.3 Å². The Kier molecular flexibility index (Phi) is 7.57. The third-order valence-corrected chi connectivity index (χ3v) is 6.78. The Morgan fingerprint density at radius 1 is 1.00 bits per heavy atom. The number of nitrogens with zero attached hydrogens (tertiary/aromatic N) is 1. The van der Waals surface area contributed by atoms with Crippen molar-refractivity contribution in [1.82, 2.24) is 5.32 Å². The summed E-state index contributed by atoms with van der Waals surface area (Å²) in [6.45, 7) is 3.69. The Bertz CT molecular complexity index is 1350. The predicted octanol–water partition coefficient (Wildman–Crippen LogP) is 6.03. The lowest BCUT2D eigenvalue weighted by Gasteiger charge is -2.36. The maximum Gasteiger partial charge on any atom is 0.343 e. The highest BCUT2D eigenvalue weighted by atomic mass is 16.6. The molecule has 1 N–H and O–H groups in total. The number of carbonyl (C=O) groups is 1. The van der Waals surface area contributed by atoms with Crippen molar-refractivity contribution in [3.8, 4) is 11.5 Å². The molecule has 0 aliphatic carbocycles. The maximum atomic E-state index is 11.4. The van der Waals surface area contributed by atoms with Gasteiger partial charge in [-0.2, -0.15) is 0 Å². The molecule has 190 valence electrons. The molecule has 0 saturated heterocycles. The second kappa shape index (κ2) is 11.4. The van der Waals surface area contributed by atoms with Crippen molar-refractivity contribution >= 4 is 28.1 Å². The highest BCUT2D eigenvalue weighted by Crippen LogP contribution is 2.39. The third kappa shape index (κ3) is 5.70. The number of carbonyl (C=O) groups excluding carboxylic acids is 1. The van der Waals surface area contributed by atoms with Crippen molar-refractivity contribution in [2.75, 3.05) is 31.7 Å². The van der Waals surface area contributed by atoms with E-state index in [1.54, 1.807) is 0 Å². The van der Waals surface area contributed by atoms with Crippen molar-refractivity contribution in [2.24, 2.45) is 0 Å². The van der Waals surface area contributed by atoms with Gasteiger partial charge in [-0.15, -0.1) is 0 Å². The van der Waals surface area contributed by atoms with Gasteiger partial charge in [-0.25, -0.2) is 4.79 Å². The minimum absolute atomic E-state index is 0.0392. The number of esters is 1. The van der Waals surface area contributed by atoms with Crippen LogP contribution in [0.15, 0.2) is 91.0 Å². The van der Waals surface area contributed by atoms with Crippen LogP contribution in [0, 0.1) is 0 Å². The van der Waals surface area contributed by atoms with Gasteiger partial charge in [0, 0.05) is 11.7 Å². The number of methoxy groups -OCH3 is 1. The van der Waals surface area contributed by atoms with E-state index in [1.165, 1.54) is 23.4 Å². The number of nitrogens with one attached hydrogen (secondary N) is 1. The van der Waals surface area contributed by atoms with E-state index in [9.17, 15) is 4.79 Å². The van der Waals surface area contributed by atoms with E-state index in [4.69, 9.17) is 9.47 Å².